The SMILES string of the molecule is CCOC(=O)c1c(NC(=O)C(C)Sc2cccc(NC(=O)/C(=C/c3ccc(Cl)cc3)NC(=O)c3ccccc3)c2)sc2c1CCC(C)C2. The predicted molar refractivity (Wildman–Crippen MR) is 194 cm³/mol. The lowest BCUT2D eigenvalue weighted by Crippen LogP contribution is -2.30. The molecule has 8 nitrogen and oxygen atoms in total. The summed E-state index contributed by atoms with van der Waals surface area (Å²) >= 11 is 8.81. The highest BCUT2D eigenvalue weighted by atomic mass is 35.5. The van der Waals surface area contributed by atoms with E-state index >= 15 is 0 Å². The van der Waals surface area contributed by atoms with E-state index < -0.39 is 23.0 Å². The Hall–Kier alpha value is -4.38. The highest BCUT2D eigenvalue weighted by molar-refractivity contribution is 8.00. The third kappa shape index (κ3) is 8.94. The Balaban J connectivity index is 1.29. The molecule has 1 heterocycles. The molecule has 248 valence electrons. The zero-order chi connectivity index (χ0) is 34.2. The first-order valence-corrected chi connectivity index (χ1v) is 17.7. The highest BCUT2D eigenvalue weighted by Gasteiger charge is 2.30. The minimum Gasteiger partial charge on any atom is -0.462 e. The number of esters is 1. The summed E-state index contributed by atoms with van der Waals surface area (Å²) in [4.78, 5) is 54.6. The number of rotatable bonds is 11. The summed E-state index contributed by atoms with van der Waals surface area (Å²) < 4.78 is 5.35. The van der Waals surface area contributed by atoms with Gasteiger partial charge in [-0.1, -0.05) is 54.9 Å². The van der Waals surface area contributed by atoms with Crippen molar-refractivity contribution in [2.24, 2.45) is 5.92 Å². The van der Waals surface area contributed by atoms with Gasteiger partial charge < -0.3 is 20.7 Å². The summed E-state index contributed by atoms with van der Waals surface area (Å²) in [6, 6.07) is 22.6. The lowest BCUT2D eigenvalue weighted by Gasteiger charge is -2.18. The number of fused-ring (bicyclic) bond motifs is 1. The van der Waals surface area contributed by atoms with E-state index in [9.17, 15) is 19.2 Å². The maximum Gasteiger partial charge on any atom is 0.341 e. The quantitative estimate of drug-likeness (QED) is 0.0825. The van der Waals surface area contributed by atoms with Crippen LogP contribution in [0.2, 0.25) is 5.02 Å². The highest BCUT2D eigenvalue weighted by Crippen LogP contribution is 2.40. The topological polar surface area (TPSA) is 114 Å². The van der Waals surface area contributed by atoms with Gasteiger partial charge in [0.1, 0.15) is 10.7 Å². The summed E-state index contributed by atoms with van der Waals surface area (Å²) in [7, 11) is 0. The number of hydrogen-bond donors (Lipinski definition) is 3. The van der Waals surface area contributed by atoms with Gasteiger partial charge in [-0.3, -0.25) is 14.4 Å². The molecule has 1 aliphatic rings. The van der Waals surface area contributed by atoms with Crippen LogP contribution in [-0.2, 0) is 27.2 Å². The van der Waals surface area contributed by atoms with Gasteiger partial charge in [0.25, 0.3) is 11.8 Å². The van der Waals surface area contributed by atoms with Crippen molar-refractivity contribution in [1.29, 1.82) is 0 Å². The fraction of sp³-hybridized carbons (Fsp3) is 0.243. The molecule has 1 aliphatic carbocycles. The lowest BCUT2D eigenvalue weighted by molar-refractivity contribution is -0.115. The first kappa shape index (κ1) is 34.9. The zero-order valence-corrected chi connectivity index (χ0v) is 29.2. The van der Waals surface area contributed by atoms with Gasteiger partial charge in [0.15, 0.2) is 0 Å². The first-order valence-electron chi connectivity index (χ1n) is 15.7. The molecule has 3 aromatic carbocycles. The van der Waals surface area contributed by atoms with E-state index in [0.29, 0.717) is 38.3 Å². The molecule has 2 unspecified atom stereocenters. The van der Waals surface area contributed by atoms with Gasteiger partial charge in [0.05, 0.1) is 17.4 Å². The summed E-state index contributed by atoms with van der Waals surface area (Å²) in [5.41, 5.74) is 3.07. The van der Waals surface area contributed by atoms with Crippen LogP contribution in [0, 0.1) is 5.92 Å². The molecule has 1 aromatic heterocycles. The molecule has 0 bridgehead atoms. The van der Waals surface area contributed by atoms with Crippen molar-refractivity contribution in [3.63, 3.8) is 0 Å². The van der Waals surface area contributed by atoms with Gasteiger partial charge in [-0.05, 0) is 98.7 Å². The van der Waals surface area contributed by atoms with Crippen molar-refractivity contribution in [2.45, 2.75) is 50.2 Å². The number of thiophene rings is 1. The summed E-state index contributed by atoms with van der Waals surface area (Å²) in [5.74, 6) is -1.09. The molecule has 3 N–H and O–H groups in total. The van der Waals surface area contributed by atoms with Gasteiger partial charge in [-0.2, -0.15) is 0 Å². The van der Waals surface area contributed by atoms with E-state index in [2.05, 4.69) is 22.9 Å². The van der Waals surface area contributed by atoms with Crippen LogP contribution >= 0.6 is 34.7 Å². The number of nitrogens with one attached hydrogen (secondary N) is 3. The van der Waals surface area contributed by atoms with E-state index in [1.165, 1.54) is 23.1 Å². The van der Waals surface area contributed by atoms with Crippen LogP contribution in [0.4, 0.5) is 10.7 Å². The molecule has 3 amide bonds. The first-order chi connectivity index (χ1) is 23.1. The van der Waals surface area contributed by atoms with E-state index in [0.717, 1.165) is 34.6 Å². The van der Waals surface area contributed by atoms with Crippen LogP contribution in [0.15, 0.2) is 89.5 Å². The van der Waals surface area contributed by atoms with Crippen molar-refractivity contribution < 1.29 is 23.9 Å². The Bertz CT molecular complexity index is 1840. The number of carbonyl (C=O) groups excluding carboxylic acids is 4. The Kier molecular flexibility index (Phi) is 11.8. The largest absolute Gasteiger partial charge is 0.462 e. The number of ether oxygens (including phenoxy) is 1. The number of thioether (sulfide) groups is 1. The van der Waals surface area contributed by atoms with Crippen molar-refractivity contribution in [3.05, 3.63) is 117 Å². The number of amides is 3. The minimum absolute atomic E-state index is 0.0439. The summed E-state index contributed by atoms with van der Waals surface area (Å²) in [6.07, 6.45) is 4.22. The van der Waals surface area contributed by atoms with Crippen molar-refractivity contribution in [2.75, 3.05) is 17.2 Å². The van der Waals surface area contributed by atoms with Crippen LogP contribution in [-0.4, -0.2) is 35.5 Å². The molecule has 0 radical (unpaired) electrons. The molecule has 2 atom stereocenters. The maximum absolute atomic E-state index is 13.5. The number of benzene rings is 3. The molecule has 4 aromatic rings. The molecule has 0 saturated heterocycles. The summed E-state index contributed by atoms with van der Waals surface area (Å²) in [5, 5.41) is 9.15. The molecule has 48 heavy (non-hydrogen) atoms. The van der Waals surface area contributed by atoms with Crippen LogP contribution in [0.5, 0.6) is 0 Å². The molecule has 5 rings (SSSR count). The van der Waals surface area contributed by atoms with Crippen LogP contribution in [0.1, 0.15) is 63.9 Å². The van der Waals surface area contributed by atoms with E-state index in [-0.39, 0.29) is 18.2 Å². The zero-order valence-electron chi connectivity index (χ0n) is 26.8. The number of anilines is 2. The maximum atomic E-state index is 13.5. The molecule has 0 saturated carbocycles. The second-order valence-electron chi connectivity index (χ2n) is 11.4. The molecular weight excluding hydrogens is 666 g/mol. The molecule has 0 fully saturated rings. The standard InChI is InChI=1S/C37H36ClN3O5S2/c1-4-46-37(45)32-29-18-13-22(2)19-31(29)48-36(32)41-33(42)23(3)47-28-12-8-11-27(21-28)39-35(44)30(20-24-14-16-26(38)17-15-24)40-34(43)25-9-6-5-7-10-25/h5-12,14-17,20-23H,4,13,18-19H2,1-3H3,(H,39,44)(H,40,43)(H,41,42)/b30-20-. The Labute approximate surface area is 293 Å². The number of hydrogen-bond acceptors (Lipinski definition) is 7. The molecular formula is C37H36ClN3O5S2. The van der Waals surface area contributed by atoms with Gasteiger partial charge >= 0.3 is 5.97 Å². The van der Waals surface area contributed by atoms with Crippen LogP contribution in [0.25, 0.3) is 6.08 Å². The summed E-state index contributed by atoms with van der Waals surface area (Å²) in [6.45, 7) is 6.00. The van der Waals surface area contributed by atoms with Gasteiger partial charge in [0.2, 0.25) is 5.91 Å². The van der Waals surface area contributed by atoms with Gasteiger partial charge in [-0.25, -0.2) is 4.79 Å². The number of halogens is 1. The average Bonchev–Trinajstić information content (AvgIpc) is 3.42. The second-order valence-corrected chi connectivity index (χ2v) is 14.4. The molecule has 0 spiro atoms. The van der Waals surface area contributed by atoms with Crippen LogP contribution in [0.3, 0.4) is 0 Å². The minimum atomic E-state index is -0.523. The Morgan fingerprint density at radius 3 is 2.50 bits per heavy atom. The van der Waals surface area contributed by atoms with Crippen molar-refractivity contribution in [3.8, 4) is 0 Å². The third-order valence-corrected chi connectivity index (χ3v) is 10.2. The van der Waals surface area contributed by atoms with Gasteiger partial charge in [-0.15, -0.1) is 23.1 Å². The fourth-order valence-corrected chi connectivity index (χ4v) is 7.70. The molecule has 11 heteroatoms. The Morgan fingerprint density at radius 2 is 1.77 bits per heavy atom. The molecule has 0 aliphatic heterocycles. The second kappa shape index (κ2) is 16.1. The lowest BCUT2D eigenvalue weighted by atomic mass is 9.88. The van der Waals surface area contributed by atoms with Crippen molar-refractivity contribution >= 4 is 75.2 Å². The monoisotopic (exact) mass is 701 g/mol. The Morgan fingerprint density at radius 1 is 1.02 bits per heavy atom. The smallest absolute Gasteiger partial charge is 0.341 e. The fourth-order valence-electron chi connectivity index (χ4n) is 5.24. The average molecular weight is 702 g/mol. The number of carbonyl (C=O) groups is 4. The van der Waals surface area contributed by atoms with Gasteiger partial charge in [0, 0.05) is 26.0 Å². The van der Waals surface area contributed by atoms with Crippen molar-refractivity contribution in [1.82, 2.24) is 5.32 Å². The van der Waals surface area contributed by atoms with E-state index in [1.54, 1.807) is 92.7 Å². The normalized spacial score (nSPS) is 14.8. The predicted octanol–water partition coefficient (Wildman–Crippen LogP) is 8.23. The third-order valence-electron chi connectivity index (χ3n) is 7.71. The van der Waals surface area contributed by atoms with E-state index in [1.807, 2.05) is 6.07 Å². The van der Waals surface area contributed by atoms with E-state index in [4.69, 9.17) is 16.3 Å². The van der Waals surface area contributed by atoms with Crippen LogP contribution < -0.4 is 16.0 Å².